The lowest BCUT2D eigenvalue weighted by molar-refractivity contribution is 0.888. The largest absolute Gasteiger partial charge is 0.384 e. The molecule has 0 aliphatic heterocycles. The molecule has 20 heavy (non-hydrogen) atoms. The standard InChI is InChI=1S/C13H13N5OS/c14-11(15)8-6-7-2-1-3-9(7)17-12(8)20-13-16-5-4-10(19)18-13/h4-6H,1-3H2,(H3,14,15)(H,16,18,19). The van der Waals surface area contributed by atoms with Crippen LogP contribution in [0.15, 0.2) is 33.3 Å². The number of nitrogens with zero attached hydrogens (tertiary/aromatic N) is 2. The molecule has 4 N–H and O–H groups in total. The first kappa shape index (κ1) is 12.9. The molecule has 0 saturated heterocycles. The summed E-state index contributed by atoms with van der Waals surface area (Å²) in [5.41, 5.74) is 8.23. The fourth-order valence-electron chi connectivity index (χ4n) is 2.22. The predicted octanol–water partition coefficient (Wildman–Crippen LogP) is 1.09. The summed E-state index contributed by atoms with van der Waals surface area (Å²) in [5.74, 6) is -0.0204. The van der Waals surface area contributed by atoms with Crippen LogP contribution in [-0.4, -0.2) is 20.8 Å². The molecule has 0 spiro atoms. The highest BCUT2D eigenvalue weighted by atomic mass is 32.2. The summed E-state index contributed by atoms with van der Waals surface area (Å²) >= 11 is 1.22. The van der Waals surface area contributed by atoms with Gasteiger partial charge in [-0.25, -0.2) is 9.97 Å². The molecule has 0 fully saturated rings. The lowest BCUT2D eigenvalue weighted by Gasteiger charge is -2.09. The second kappa shape index (κ2) is 5.09. The van der Waals surface area contributed by atoms with Crippen molar-refractivity contribution < 1.29 is 0 Å². The summed E-state index contributed by atoms with van der Waals surface area (Å²) < 4.78 is 0. The smallest absolute Gasteiger partial charge is 0.251 e. The second-order valence-corrected chi connectivity index (χ2v) is 5.53. The van der Waals surface area contributed by atoms with Crippen LogP contribution in [0.1, 0.15) is 23.2 Å². The quantitative estimate of drug-likeness (QED) is 0.445. The van der Waals surface area contributed by atoms with Crippen LogP contribution in [0.3, 0.4) is 0 Å². The van der Waals surface area contributed by atoms with Gasteiger partial charge in [0, 0.05) is 23.5 Å². The number of pyridine rings is 1. The van der Waals surface area contributed by atoms with Crippen LogP contribution in [0.2, 0.25) is 0 Å². The van der Waals surface area contributed by atoms with E-state index in [0.29, 0.717) is 15.7 Å². The van der Waals surface area contributed by atoms with E-state index in [0.717, 1.165) is 30.5 Å². The number of aromatic nitrogens is 3. The first-order valence-electron chi connectivity index (χ1n) is 6.24. The third-order valence-electron chi connectivity index (χ3n) is 3.15. The van der Waals surface area contributed by atoms with Crippen molar-refractivity contribution in [2.45, 2.75) is 29.4 Å². The number of H-pyrrole nitrogens is 1. The molecule has 2 aromatic rings. The van der Waals surface area contributed by atoms with E-state index in [-0.39, 0.29) is 11.4 Å². The molecular formula is C13H13N5OS. The Morgan fingerprint density at radius 1 is 1.45 bits per heavy atom. The van der Waals surface area contributed by atoms with Gasteiger partial charge < -0.3 is 10.7 Å². The van der Waals surface area contributed by atoms with Gasteiger partial charge >= 0.3 is 0 Å². The Morgan fingerprint density at radius 2 is 2.30 bits per heavy atom. The molecule has 0 radical (unpaired) electrons. The monoisotopic (exact) mass is 287 g/mol. The van der Waals surface area contributed by atoms with Crippen LogP contribution < -0.4 is 11.3 Å². The zero-order valence-electron chi connectivity index (χ0n) is 10.6. The van der Waals surface area contributed by atoms with Gasteiger partial charge in [0.25, 0.3) is 5.56 Å². The molecule has 0 saturated carbocycles. The van der Waals surface area contributed by atoms with Gasteiger partial charge in [0.2, 0.25) is 0 Å². The Balaban J connectivity index is 2.04. The van der Waals surface area contributed by atoms with Crippen molar-refractivity contribution in [2.75, 3.05) is 0 Å². The lowest BCUT2D eigenvalue weighted by Crippen LogP contribution is -2.14. The molecule has 0 atom stereocenters. The average Bonchev–Trinajstić information content (AvgIpc) is 2.84. The van der Waals surface area contributed by atoms with Crippen LogP contribution >= 0.6 is 11.8 Å². The Morgan fingerprint density at radius 3 is 3.05 bits per heavy atom. The van der Waals surface area contributed by atoms with Gasteiger partial charge in [0.05, 0.1) is 0 Å². The van der Waals surface area contributed by atoms with Gasteiger partial charge in [0.1, 0.15) is 10.9 Å². The first-order valence-corrected chi connectivity index (χ1v) is 7.05. The van der Waals surface area contributed by atoms with Crippen molar-refractivity contribution in [3.63, 3.8) is 0 Å². The fourth-order valence-corrected chi connectivity index (χ4v) is 3.10. The fraction of sp³-hybridized carbons (Fsp3) is 0.231. The minimum absolute atomic E-state index is 0.0204. The van der Waals surface area contributed by atoms with Crippen LogP contribution in [0.5, 0.6) is 0 Å². The maximum Gasteiger partial charge on any atom is 0.251 e. The number of rotatable bonds is 3. The Bertz CT molecular complexity index is 740. The number of aryl methyl sites for hydroxylation is 2. The maximum absolute atomic E-state index is 11.3. The molecule has 6 nitrogen and oxygen atoms in total. The molecule has 0 bridgehead atoms. The molecule has 7 heteroatoms. The van der Waals surface area contributed by atoms with Crippen molar-refractivity contribution in [1.29, 1.82) is 5.41 Å². The van der Waals surface area contributed by atoms with E-state index in [9.17, 15) is 4.79 Å². The van der Waals surface area contributed by atoms with Crippen LogP contribution in [0.25, 0.3) is 0 Å². The summed E-state index contributed by atoms with van der Waals surface area (Å²) in [4.78, 5) is 22.6. The van der Waals surface area contributed by atoms with Crippen molar-refractivity contribution in [3.05, 3.63) is 45.5 Å². The molecule has 0 unspecified atom stereocenters. The third kappa shape index (κ3) is 2.44. The molecule has 1 aliphatic carbocycles. The summed E-state index contributed by atoms with van der Waals surface area (Å²) in [6, 6.07) is 3.28. The van der Waals surface area contributed by atoms with Gasteiger partial charge in [-0.15, -0.1) is 0 Å². The van der Waals surface area contributed by atoms with Gasteiger partial charge in [-0.3, -0.25) is 10.2 Å². The summed E-state index contributed by atoms with van der Waals surface area (Å²) in [7, 11) is 0. The van der Waals surface area contributed by atoms with Crippen molar-refractivity contribution >= 4 is 17.6 Å². The van der Waals surface area contributed by atoms with E-state index in [2.05, 4.69) is 15.0 Å². The highest BCUT2D eigenvalue weighted by Crippen LogP contribution is 2.30. The van der Waals surface area contributed by atoms with E-state index >= 15 is 0 Å². The lowest BCUT2D eigenvalue weighted by atomic mass is 10.1. The van der Waals surface area contributed by atoms with E-state index in [1.54, 1.807) is 0 Å². The van der Waals surface area contributed by atoms with Gasteiger partial charge in [-0.2, -0.15) is 0 Å². The number of fused-ring (bicyclic) bond motifs is 1. The Hall–Kier alpha value is -2.15. The van der Waals surface area contributed by atoms with E-state index < -0.39 is 0 Å². The average molecular weight is 287 g/mol. The molecule has 2 aromatic heterocycles. The third-order valence-corrected chi connectivity index (χ3v) is 4.05. The molecular weight excluding hydrogens is 274 g/mol. The van der Waals surface area contributed by atoms with E-state index in [1.165, 1.54) is 24.0 Å². The summed E-state index contributed by atoms with van der Waals surface area (Å²) in [5, 5.41) is 8.75. The second-order valence-electron chi connectivity index (χ2n) is 4.56. The Labute approximate surface area is 119 Å². The van der Waals surface area contributed by atoms with E-state index in [4.69, 9.17) is 11.1 Å². The number of amidine groups is 1. The minimum atomic E-state index is -0.215. The zero-order chi connectivity index (χ0) is 14.1. The van der Waals surface area contributed by atoms with Crippen LogP contribution in [0, 0.1) is 5.41 Å². The van der Waals surface area contributed by atoms with Crippen molar-refractivity contribution in [2.24, 2.45) is 5.73 Å². The molecule has 3 rings (SSSR count). The number of nitrogen functional groups attached to an aromatic ring is 1. The van der Waals surface area contributed by atoms with Crippen LogP contribution in [0.4, 0.5) is 0 Å². The van der Waals surface area contributed by atoms with Crippen molar-refractivity contribution in [3.8, 4) is 0 Å². The predicted molar refractivity (Wildman–Crippen MR) is 76.3 cm³/mol. The first-order chi connectivity index (χ1) is 9.63. The zero-order valence-corrected chi connectivity index (χ0v) is 11.5. The summed E-state index contributed by atoms with van der Waals surface area (Å²) in [6.07, 6.45) is 4.45. The molecule has 102 valence electrons. The van der Waals surface area contributed by atoms with Gasteiger partial charge in [-0.1, -0.05) is 0 Å². The van der Waals surface area contributed by atoms with Crippen LogP contribution in [-0.2, 0) is 12.8 Å². The van der Waals surface area contributed by atoms with Gasteiger partial charge in [-0.05, 0) is 42.7 Å². The number of hydrogen-bond acceptors (Lipinski definition) is 5. The normalized spacial score (nSPS) is 13.2. The minimum Gasteiger partial charge on any atom is -0.384 e. The highest BCUT2D eigenvalue weighted by molar-refractivity contribution is 7.99. The molecule has 2 heterocycles. The number of nitrogens with one attached hydrogen (secondary N) is 2. The number of hydrogen-bond donors (Lipinski definition) is 3. The Kier molecular flexibility index (Phi) is 3.27. The van der Waals surface area contributed by atoms with Gasteiger partial charge in [0.15, 0.2) is 5.16 Å². The topological polar surface area (TPSA) is 109 Å². The molecule has 1 aliphatic rings. The molecule has 0 aromatic carbocycles. The van der Waals surface area contributed by atoms with E-state index in [1.807, 2.05) is 6.07 Å². The highest BCUT2D eigenvalue weighted by Gasteiger charge is 2.18. The maximum atomic E-state index is 11.3. The SMILES string of the molecule is N=C(N)c1cc2c(nc1Sc1nccc(=O)[nH]1)CCC2. The number of nitrogens with two attached hydrogens (primary N) is 1. The molecule has 0 amide bonds. The van der Waals surface area contributed by atoms with Crippen molar-refractivity contribution in [1.82, 2.24) is 15.0 Å². The number of aromatic amines is 1. The summed E-state index contributed by atoms with van der Waals surface area (Å²) in [6.45, 7) is 0.